The van der Waals surface area contributed by atoms with Gasteiger partial charge in [0, 0.05) is 17.1 Å². The Kier molecular flexibility index (Phi) is 3.04. The lowest BCUT2D eigenvalue weighted by Crippen LogP contribution is -2.08. The van der Waals surface area contributed by atoms with Crippen LogP contribution in [-0.4, -0.2) is 24.5 Å². The van der Waals surface area contributed by atoms with E-state index in [4.69, 9.17) is 10.7 Å². The summed E-state index contributed by atoms with van der Waals surface area (Å²) in [6.45, 7) is 1.03. The molecule has 1 aromatic carbocycles. The molecule has 3 aromatic rings. The van der Waals surface area contributed by atoms with Crippen molar-refractivity contribution >= 4 is 27.0 Å². The minimum atomic E-state index is 0.409. The van der Waals surface area contributed by atoms with Gasteiger partial charge in [0.05, 0.1) is 22.9 Å². The molecule has 108 valence electrons. The molecule has 0 bridgehead atoms. The van der Waals surface area contributed by atoms with Gasteiger partial charge in [0.2, 0.25) is 0 Å². The van der Waals surface area contributed by atoms with E-state index >= 15 is 0 Å². The predicted molar refractivity (Wildman–Crippen MR) is 82.7 cm³/mol. The van der Waals surface area contributed by atoms with Gasteiger partial charge in [-0.05, 0) is 31.0 Å². The summed E-state index contributed by atoms with van der Waals surface area (Å²) in [6.07, 6.45) is 4.33. The maximum atomic E-state index is 5.58. The smallest absolute Gasteiger partial charge is 0.132 e. The summed E-state index contributed by atoms with van der Waals surface area (Å²) in [4.78, 5) is 4.78. The fourth-order valence-corrected chi connectivity index (χ4v) is 2.98. The Morgan fingerprint density at radius 1 is 1.33 bits per heavy atom. The summed E-state index contributed by atoms with van der Waals surface area (Å²) in [5.74, 6) is 1.03. The molecule has 21 heavy (non-hydrogen) atoms. The Morgan fingerprint density at radius 3 is 2.90 bits per heavy atom. The van der Waals surface area contributed by atoms with Crippen molar-refractivity contribution in [3.63, 3.8) is 0 Å². The van der Waals surface area contributed by atoms with Gasteiger partial charge in [-0.1, -0.05) is 21.1 Å². The van der Waals surface area contributed by atoms with Crippen molar-refractivity contribution in [3.05, 3.63) is 40.4 Å². The normalized spacial score (nSPS) is 15.0. The molecular weight excluding hydrogens is 332 g/mol. The number of benzene rings is 1. The molecule has 0 unspecified atom stereocenters. The van der Waals surface area contributed by atoms with Crippen LogP contribution in [0.2, 0.25) is 0 Å². The lowest BCUT2D eigenvalue weighted by Gasteiger charge is -2.07. The van der Waals surface area contributed by atoms with Gasteiger partial charge in [0.25, 0.3) is 0 Å². The fraction of sp³-hybridized carbons (Fsp3) is 0.357. The van der Waals surface area contributed by atoms with Crippen LogP contribution in [-0.2, 0) is 13.1 Å². The molecule has 1 aliphatic carbocycles. The highest BCUT2D eigenvalue weighted by atomic mass is 79.9. The van der Waals surface area contributed by atoms with Crippen LogP contribution in [0.4, 0.5) is 0 Å². The number of rotatable bonds is 4. The summed E-state index contributed by atoms with van der Waals surface area (Å²) >= 11 is 3.51. The zero-order valence-corrected chi connectivity index (χ0v) is 13.0. The van der Waals surface area contributed by atoms with Crippen molar-refractivity contribution < 1.29 is 0 Å². The van der Waals surface area contributed by atoms with E-state index in [1.165, 1.54) is 18.4 Å². The number of halogens is 1. The molecule has 7 heteroatoms. The van der Waals surface area contributed by atoms with E-state index in [9.17, 15) is 0 Å². The van der Waals surface area contributed by atoms with E-state index in [1.54, 1.807) is 4.68 Å². The van der Waals surface area contributed by atoms with Crippen LogP contribution in [0.15, 0.2) is 28.9 Å². The van der Waals surface area contributed by atoms with Crippen molar-refractivity contribution in [1.82, 2.24) is 24.5 Å². The van der Waals surface area contributed by atoms with Crippen LogP contribution in [0, 0.1) is 0 Å². The largest absolute Gasteiger partial charge is 0.325 e. The summed E-state index contributed by atoms with van der Waals surface area (Å²) in [5.41, 5.74) is 8.59. The molecule has 0 spiro atoms. The zero-order chi connectivity index (χ0) is 14.4. The summed E-state index contributed by atoms with van der Waals surface area (Å²) in [5, 5.41) is 8.15. The van der Waals surface area contributed by atoms with E-state index < -0.39 is 0 Å². The van der Waals surface area contributed by atoms with E-state index in [1.807, 2.05) is 6.20 Å². The van der Waals surface area contributed by atoms with Gasteiger partial charge >= 0.3 is 0 Å². The first-order chi connectivity index (χ1) is 10.2. The second-order valence-corrected chi connectivity index (χ2v) is 6.29. The van der Waals surface area contributed by atoms with Crippen molar-refractivity contribution in [2.75, 3.05) is 0 Å². The number of hydrogen-bond acceptors (Lipinski definition) is 4. The Labute approximate surface area is 130 Å². The van der Waals surface area contributed by atoms with Gasteiger partial charge in [-0.3, -0.25) is 0 Å². The second kappa shape index (κ2) is 4.92. The molecule has 0 amide bonds. The van der Waals surface area contributed by atoms with E-state index in [2.05, 4.69) is 49.0 Å². The van der Waals surface area contributed by atoms with E-state index in [0.29, 0.717) is 19.1 Å². The molecule has 6 nitrogen and oxygen atoms in total. The molecule has 2 N–H and O–H groups in total. The zero-order valence-electron chi connectivity index (χ0n) is 11.4. The van der Waals surface area contributed by atoms with Crippen molar-refractivity contribution in [2.45, 2.75) is 32.0 Å². The third-order valence-electron chi connectivity index (χ3n) is 3.74. The SMILES string of the molecule is NCc1cn(Cc2nc3cc(Br)ccc3n2C2CC2)nn1. The lowest BCUT2D eigenvalue weighted by atomic mass is 10.3. The molecule has 4 rings (SSSR count). The molecule has 0 saturated heterocycles. The summed E-state index contributed by atoms with van der Waals surface area (Å²) in [6, 6.07) is 6.82. The maximum absolute atomic E-state index is 5.58. The van der Waals surface area contributed by atoms with Crippen molar-refractivity contribution in [1.29, 1.82) is 0 Å². The van der Waals surface area contributed by atoms with E-state index in [0.717, 1.165) is 21.5 Å². The topological polar surface area (TPSA) is 74.6 Å². The third-order valence-corrected chi connectivity index (χ3v) is 4.23. The molecule has 2 aromatic heterocycles. The minimum Gasteiger partial charge on any atom is -0.325 e. The first kappa shape index (κ1) is 13.0. The number of nitrogens with two attached hydrogens (primary N) is 1. The third kappa shape index (κ3) is 2.36. The fourth-order valence-electron chi connectivity index (χ4n) is 2.63. The number of fused-ring (bicyclic) bond motifs is 1. The highest BCUT2D eigenvalue weighted by molar-refractivity contribution is 9.10. The van der Waals surface area contributed by atoms with Gasteiger partial charge in [-0.15, -0.1) is 5.10 Å². The Balaban J connectivity index is 1.77. The van der Waals surface area contributed by atoms with Gasteiger partial charge in [-0.25, -0.2) is 9.67 Å². The monoisotopic (exact) mass is 346 g/mol. The highest BCUT2D eigenvalue weighted by Gasteiger charge is 2.28. The standard InChI is InChI=1S/C14H15BrN6/c15-9-1-4-13-12(5-9)17-14(21(13)11-2-3-11)8-20-7-10(6-16)18-19-20/h1,4-5,7,11H,2-3,6,8,16H2. The van der Waals surface area contributed by atoms with Crippen LogP contribution < -0.4 is 5.73 Å². The molecule has 0 aliphatic heterocycles. The van der Waals surface area contributed by atoms with Gasteiger partial charge in [-0.2, -0.15) is 0 Å². The van der Waals surface area contributed by atoms with Crippen molar-refractivity contribution in [3.8, 4) is 0 Å². The number of aromatic nitrogens is 5. The predicted octanol–water partition coefficient (Wildman–Crippen LogP) is 2.23. The minimum absolute atomic E-state index is 0.409. The average Bonchev–Trinajstić information content (AvgIpc) is 3.10. The molecule has 2 heterocycles. The Morgan fingerprint density at radius 2 is 2.19 bits per heavy atom. The molecule has 0 atom stereocenters. The molecular formula is C14H15BrN6. The van der Waals surface area contributed by atoms with Crippen LogP contribution in [0.3, 0.4) is 0 Å². The van der Waals surface area contributed by atoms with Crippen molar-refractivity contribution in [2.24, 2.45) is 5.73 Å². The molecule has 1 saturated carbocycles. The number of imidazole rings is 1. The van der Waals surface area contributed by atoms with Gasteiger partial charge < -0.3 is 10.3 Å². The van der Waals surface area contributed by atoms with Crippen LogP contribution in [0.5, 0.6) is 0 Å². The van der Waals surface area contributed by atoms with Gasteiger partial charge in [0.1, 0.15) is 12.4 Å². The van der Waals surface area contributed by atoms with Gasteiger partial charge in [0.15, 0.2) is 0 Å². The number of hydrogen-bond donors (Lipinski definition) is 1. The molecule has 1 fully saturated rings. The number of nitrogens with zero attached hydrogens (tertiary/aromatic N) is 5. The van der Waals surface area contributed by atoms with Crippen LogP contribution in [0.25, 0.3) is 11.0 Å². The van der Waals surface area contributed by atoms with Crippen LogP contribution in [0.1, 0.15) is 30.4 Å². The summed E-state index contributed by atoms with van der Waals surface area (Å²) in [7, 11) is 0. The first-order valence-electron chi connectivity index (χ1n) is 7.00. The summed E-state index contributed by atoms with van der Waals surface area (Å²) < 4.78 is 5.19. The molecule has 1 aliphatic rings. The maximum Gasteiger partial charge on any atom is 0.132 e. The van der Waals surface area contributed by atoms with E-state index in [-0.39, 0.29) is 0 Å². The Hall–Kier alpha value is -1.73. The first-order valence-corrected chi connectivity index (χ1v) is 7.79. The lowest BCUT2D eigenvalue weighted by molar-refractivity contribution is 0.589. The quantitative estimate of drug-likeness (QED) is 0.785. The van der Waals surface area contributed by atoms with Crippen LogP contribution >= 0.6 is 15.9 Å². The molecule has 0 radical (unpaired) electrons. The average molecular weight is 347 g/mol. The second-order valence-electron chi connectivity index (χ2n) is 5.37. The highest BCUT2D eigenvalue weighted by Crippen LogP contribution is 2.39. The Bertz CT molecular complexity index is 801.